The van der Waals surface area contributed by atoms with Crippen LogP contribution in [0, 0.1) is 11.8 Å². The lowest BCUT2D eigenvalue weighted by Gasteiger charge is -2.20. The largest absolute Gasteiger partial charge is 0.355 e. The topological polar surface area (TPSA) is 12.0 Å². The van der Waals surface area contributed by atoms with Crippen molar-refractivity contribution in [2.24, 2.45) is 11.8 Å². The number of hydrogen-bond donors (Lipinski definition) is 1. The Labute approximate surface area is 336 Å². The van der Waals surface area contributed by atoms with Gasteiger partial charge in [-0.15, -0.1) is 0 Å². The van der Waals surface area contributed by atoms with Crippen LogP contribution in [0.1, 0.15) is 176 Å². The maximum Gasteiger partial charge on any atom is 0.0407 e. The van der Waals surface area contributed by atoms with Crippen molar-refractivity contribution in [3.05, 3.63) is 149 Å². The Bertz CT molecular complexity index is 1480. The fraction of sp³-hybridized carbons (Fsp3) is 0.509. The molecule has 0 amide bonds. The Hall–Kier alpha value is -3.58. The first-order valence-corrected chi connectivity index (χ1v) is 21.2. The van der Waals surface area contributed by atoms with Crippen LogP contribution in [0.5, 0.6) is 0 Å². The SMILES string of the molecule is C=C(CC)/C(=C\C(=C/C)C/C=C\C=C(\NC(=C)c1ccc(C(C)(C)C)cc1)C(=C)C)Cc1ccc(C(C)C(C)CCCC)cc1.CCC(C)C.CCCC. The maximum absolute atomic E-state index is 4.41. The van der Waals surface area contributed by atoms with Crippen molar-refractivity contribution in [1.82, 2.24) is 5.32 Å². The predicted octanol–water partition coefficient (Wildman–Crippen LogP) is 16.8. The molecule has 0 heterocycles. The third-order valence-corrected chi connectivity index (χ3v) is 10.3. The average molecular weight is 734 g/mol. The van der Waals surface area contributed by atoms with Gasteiger partial charge >= 0.3 is 0 Å². The molecule has 2 rings (SSSR count). The monoisotopic (exact) mass is 734 g/mol. The molecule has 2 atom stereocenters. The third kappa shape index (κ3) is 20.8. The molecule has 1 nitrogen and oxygen atoms in total. The average Bonchev–Trinajstić information content (AvgIpc) is 3.16. The van der Waals surface area contributed by atoms with Gasteiger partial charge in [0.2, 0.25) is 0 Å². The van der Waals surface area contributed by atoms with E-state index in [1.54, 1.807) is 0 Å². The van der Waals surface area contributed by atoms with Crippen LogP contribution in [0.25, 0.3) is 5.70 Å². The van der Waals surface area contributed by atoms with Gasteiger partial charge in [0.25, 0.3) is 0 Å². The minimum absolute atomic E-state index is 0.128. The van der Waals surface area contributed by atoms with Crippen LogP contribution < -0.4 is 5.32 Å². The van der Waals surface area contributed by atoms with E-state index in [9.17, 15) is 0 Å². The highest BCUT2D eigenvalue weighted by atomic mass is 14.9. The molecule has 2 aromatic rings. The molecule has 2 aromatic carbocycles. The Morgan fingerprint density at radius 3 is 1.83 bits per heavy atom. The quantitative estimate of drug-likeness (QED) is 0.142. The summed E-state index contributed by atoms with van der Waals surface area (Å²) in [7, 11) is 0. The van der Waals surface area contributed by atoms with Gasteiger partial charge in [-0.3, -0.25) is 0 Å². The number of hydrogen-bond acceptors (Lipinski definition) is 1. The van der Waals surface area contributed by atoms with Crippen molar-refractivity contribution in [1.29, 1.82) is 0 Å². The van der Waals surface area contributed by atoms with Gasteiger partial charge in [-0.25, -0.2) is 0 Å². The first-order valence-electron chi connectivity index (χ1n) is 21.2. The zero-order valence-corrected chi connectivity index (χ0v) is 37.7. The van der Waals surface area contributed by atoms with Crippen LogP contribution in [0.3, 0.4) is 0 Å². The first-order chi connectivity index (χ1) is 25.5. The van der Waals surface area contributed by atoms with Crippen LogP contribution in [0.15, 0.2) is 127 Å². The van der Waals surface area contributed by atoms with Crippen LogP contribution in [-0.2, 0) is 11.8 Å². The number of benzene rings is 2. The molecular formula is C53H83N. The molecule has 1 N–H and O–H groups in total. The van der Waals surface area contributed by atoms with Gasteiger partial charge in [0, 0.05) is 11.4 Å². The maximum atomic E-state index is 4.41. The minimum Gasteiger partial charge on any atom is -0.355 e. The van der Waals surface area contributed by atoms with Crippen molar-refractivity contribution >= 4 is 5.70 Å². The van der Waals surface area contributed by atoms with E-state index < -0.39 is 0 Å². The molecule has 300 valence electrons. The Balaban J connectivity index is 0.00000278. The van der Waals surface area contributed by atoms with E-state index in [-0.39, 0.29) is 5.41 Å². The molecule has 0 radical (unpaired) electrons. The highest BCUT2D eigenvalue weighted by Gasteiger charge is 2.15. The first kappa shape index (κ1) is 50.4. The fourth-order valence-electron chi connectivity index (χ4n) is 5.32. The zero-order chi connectivity index (χ0) is 41.3. The summed E-state index contributed by atoms with van der Waals surface area (Å²) in [5.41, 5.74) is 11.9. The second-order valence-electron chi connectivity index (χ2n) is 16.5. The predicted molar refractivity (Wildman–Crippen MR) is 248 cm³/mol. The Morgan fingerprint density at radius 2 is 1.39 bits per heavy atom. The van der Waals surface area contributed by atoms with E-state index in [1.807, 2.05) is 6.92 Å². The summed E-state index contributed by atoms with van der Waals surface area (Å²) < 4.78 is 0. The lowest BCUT2D eigenvalue weighted by molar-refractivity contribution is 0.436. The molecular weight excluding hydrogens is 651 g/mol. The molecule has 0 spiro atoms. The molecule has 0 aliphatic heterocycles. The summed E-state index contributed by atoms with van der Waals surface area (Å²) in [5, 5.41) is 3.48. The summed E-state index contributed by atoms with van der Waals surface area (Å²) in [4.78, 5) is 0. The normalized spacial score (nSPS) is 13.4. The third-order valence-electron chi connectivity index (χ3n) is 10.3. The van der Waals surface area contributed by atoms with Crippen LogP contribution in [-0.4, -0.2) is 0 Å². The molecule has 0 bridgehead atoms. The number of nitrogens with one attached hydrogen (secondary N) is 1. The van der Waals surface area contributed by atoms with Crippen molar-refractivity contribution in [2.45, 2.75) is 166 Å². The minimum atomic E-state index is 0.128. The lowest BCUT2D eigenvalue weighted by atomic mass is 9.85. The Morgan fingerprint density at radius 1 is 0.815 bits per heavy atom. The van der Waals surface area contributed by atoms with E-state index in [1.165, 1.54) is 71.9 Å². The Kier molecular flexibility index (Phi) is 26.1. The van der Waals surface area contributed by atoms with E-state index in [4.69, 9.17) is 0 Å². The number of rotatable bonds is 19. The van der Waals surface area contributed by atoms with Gasteiger partial charge in [-0.2, -0.15) is 0 Å². The van der Waals surface area contributed by atoms with E-state index >= 15 is 0 Å². The van der Waals surface area contributed by atoms with Gasteiger partial charge in [-0.05, 0) is 101 Å². The summed E-state index contributed by atoms with van der Waals surface area (Å²) in [5.74, 6) is 2.17. The highest BCUT2D eigenvalue weighted by molar-refractivity contribution is 5.64. The van der Waals surface area contributed by atoms with Gasteiger partial charge in [0.15, 0.2) is 0 Å². The molecule has 0 saturated heterocycles. The summed E-state index contributed by atoms with van der Waals surface area (Å²) >= 11 is 0. The molecule has 0 aromatic heterocycles. The molecule has 0 aliphatic carbocycles. The van der Waals surface area contributed by atoms with Crippen LogP contribution in [0.2, 0.25) is 0 Å². The zero-order valence-electron chi connectivity index (χ0n) is 37.7. The summed E-state index contributed by atoms with van der Waals surface area (Å²) in [6, 6.07) is 17.9. The van der Waals surface area contributed by atoms with Gasteiger partial charge in [0.1, 0.15) is 0 Å². The van der Waals surface area contributed by atoms with E-state index in [2.05, 4.69) is 194 Å². The van der Waals surface area contributed by atoms with Gasteiger partial charge < -0.3 is 5.32 Å². The second kappa shape index (κ2) is 27.9. The van der Waals surface area contributed by atoms with Crippen LogP contribution >= 0.6 is 0 Å². The molecule has 2 unspecified atom stereocenters. The molecule has 54 heavy (non-hydrogen) atoms. The highest BCUT2D eigenvalue weighted by Crippen LogP contribution is 2.29. The lowest BCUT2D eigenvalue weighted by Crippen LogP contribution is -2.13. The van der Waals surface area contributed by atoms with Gasteiger partial charge in [-0.1, -0.05) is 220 Å². The molecule has 0 aliphatic rings. The number of unbranched alkanes of at least 4 members (excludes halogenated alkanes) is 2. The standard InChI is InChI=1S/C44H61N.C5H12.C4H10/c1-13-16-19-34(7)35(8)39-24-22-38(23-25-39)31-41(33(6)14-2)30-37(15-3)20-17-18-21-43(32(4)5)45-36(9)40-26-28-42(29-27-40)44(10,11)12;1-4-5(2)3;1-3-4-2/h15,17-18,21-30,34-35,45H,4,6,9,13-14,16,19-20,31H2,1-3,5,7-8,10-12H3;5H,4H2,1-3H3;3-4H2,1-2H3/b18-17-,37-15-,41-30-,43-21+;;. The van der Waals surface area contributed by atoms with Gasteiger partial charge in [0.05, 0.1) is 0 Å². The van der Waals surface area contributed by atoms with Crippen molar-refractivity contribution in [3.63, 3.8) is 0 Å². The second-order valence-corrected chi connectivity index (χ2v) is 16.5. The smallest absolute Gasteiger partial charge is 0.0407 e. The molecule has 0 fully saturated rings. The van der Waals surface area contributed by atoms with E-state index in [0.29, 0.717) is 11.8 Å². The summed E-state index contributed by atoms with van der Waals surface area (Å²) in [6.07, 6.45) is 21.5. The van der Waals surface area contributed by atoms with Crippen molar-refractivity contribution in [2.75, 3.05) is 0 Å². The van der Waals surface area contributed by atoms with Crippen LogP contribution in [0.4, 0.5) is 0 Å². The molecule has 0 saturated carbocycles. The molecule has 1 heteroatoms. The fourth-order valence-corrected chi connectivity index (χ4v) is 5.32. The number of allylic oxidation sites excluding steroid dienone is 9. The van der Waals surface area contributed by atoms with Crippen molar-refractivity contribution < 1.29 is 0 Å². The summed E-state index contributed by atoms with van der Waals surface area (Å²) in [6.45, 7) is 44.0. The van der Waals surface area contributed by atoms with E-state index in [0.717, 1.165) is 47.7 Å². The van der Waals surface area contributed by atoms with Crippen molar-refractivity contribution in [3.8, 4) is 0 Å².